The summed E-state index contributed by atoms with van der Waals surface area (Å²) in [7, 11) is 0. The molecule has 2 nitrogen and oxygen atoms in total. The Hall–Kier alpha value is -0.390. The van der Waals surface area contributed by atoms with Gasteiger partial charge >= 0.3 is 0 Å². The van der Waals surface area contributed by atoms with Crippen LogP contribution in [0.2, 0.25) is 4.34 Å². The van der Waals surface area contributed by atoms with Crippen molar-refractivity contribution in [2.24, 2.45) is 0 Å². The van der Waals surface area contributed by atoms with E-state index in [4.69, 9.17) is 11.6 Å². The topological polar surface area (TPSA) is 15.3 Å². The van der Waals surface area contributed by atoms with Gasteiger partial charge in [0.2, 0.25) is 0 Å². The van der Waals surface area contributed by atoms with Crippen molar-refractivity contribution in [1.82, 2.24) is 10.2 Å². The molecule has 1 saturated heterocycles. The summed E-state index contributed by atoms with van der Waals surface area (Å²) in [6, 6.07) is 9.43. The van der Waals surface area contributed by atoms with Gasteiger partial charge in [-0.3, -0.25) is 4.90 Å². The maximum Gasteiger partial charge on any atom is 0.0931 e. The van der Waals surface area contributed by atoms with Crippen LogP contribution in [0.25, 0.3) is 0 Å². The van der Waals surface area contributed by atoms with Crippen molar-refractivity contribution < 1.29 is 0 Å². The zero-order valence-corrected chi connectivity index (χ0v) is 14.6. The molecule has 2 atom stereocenters. The van der Waals surface area contributed by atoms with Crippen LogP contribution < -0.4 is 5.32 Å². The summed E-state index contributed by atoms with van der Waals surface area (Å²) in [6.07, 6.45) is 2.64. The highest BCUT2D eigenvalue weighted by molar-refractivity contribution is 7.16. The fourth-order valence-corrected chi connectivity index (χ4v) is 5.12. The van der Waals surface area contributed by atoms with Gasteiger partial charge in [0.1, 0.15) is 0 Å². The first-order valence-corrected chi connectivity index (χ1v) is 9.61. The second-order valence-corrected chi connectivity index (χ2v) is 8.15. The molecule has 1 fully saturated rings. The van der Waals surface area contributed by atoms with Crippen molar-refractivity contribution in [3.8, 4) is 0 Å². The summed E-state index contributed by atoms with van der Waals surface area (Å²) in [5.74, 6) is 0. The molecule has 1 N–H and O–H groups in total. The molecule has 0 bridgehead atoms. The van der Waals surface area contributed by atoms with E-state index in [-0.39, 0.29) is 6.04 Å². The van der Waals surface area contributed by atoms with Crippen LogP contribution in [-0.4, -0.2) is 30.6 Å². The first-order chi connectivity index (χ1) is 10.3. The van der Waals surface area contributed by atoms with Crippen LogP contribution in [-0.2, 0) is 0 Å². The van der Waals surface area contributed by atoms with Crippen LogP contribution in [0.1, 0.15) is 35.6 Å². The maximum absolute atomic E-state index is 6.12. The Bertz CT molecular complexity index is 552. The van der Waals surface area contributed by atoms with E-state index < -0.39 is 0 Å². The van der Waals surface area contributed by atoms with E-state index in [0.29, 0.717) is 6.04 Å². The van der Waals surface area contributed by atoms with E-state index in [9.17, 15) is 0 Å². The van der Waals surface area contributed by atoms with E-state index in [1.807, 2.05) is 17.4 Å². The molecule has 2 aromatic heterocycles. The number of hydrogen-bond acceptors (Lipinski definition) is 4. The number of hydrogen-bond donors (Lipinski definition) is 1. The Labute approximate surface area is 139 Å². The van der Waals surface area contributed by atoms with Gasteiger partial charge < -0.3 is 5.32 Å². The molecule has 1 aliphatic heterocycles. The molecule has 2 aromatic rings. The lowest BCUT2D eigenvalue weighted by atomic mass is 10.1. The minimum atomic E-state index is 0.279. The largest absolute Gasteiger partial charge is 0.303 e. The predicted molar refractivity (Wildman–Crippen MR) is 93.8 cm³/mol. The van der Waals surface area contributed by atoms with Gasteiger partial charge in [-0.2, -0.15) is 0 Å². The number of nitrogens with one attached hydrogen (secondary N) is 1. The van der Waals surface area contributed by atoms with Gasteiger partial charge in [0.15, 0.2) is 0 Å². The highest BCUT2D eigenvalue weighted by Gasteiger charge is 2.25. The smallest absolute Gasteiger partial charge is 0.0931 e. The number of nitrogens with zero attached hydrogens (tertiary/aromatic N) is 1. The summed E-state index contributed by atoms with van der Waals surface area (Å²) in [5.41, 5.74) is 0. The second-order valence-electron chi connectivity index (χ2n) is 5.42. The molecule has 0 saturated carbocycles. The van der Waals surface area contributed by atoms with Crippen LogP contribution in [0, 0.1) is 0 Å². The average molecular weight is 341 g/mol. The first-order valence-electron chi connectivity index (χ1n) is 7.54. The Morgan fingerprint density at radius 3 is 2.95 bits per heavy atom. The molecule has 0 spiro atoms. The van der Waals surface area contributed by atoms with Gasteiger partial charge in [0.25, 0.3) is 0 Å². The number of rotatable bonds is 6. The van der Waals surface area contributed by atoms with E-state index in [0.717, 1.165) is 17.4 Å². The quantitative estimate of drug-likeness (QED) is 0.825. The van der Waals surface area contributed by atoms with Gasteiger partial charge in [-0.1, -0.05) is 24.6 Å². The van der Waals surface area contributed by atoms with E-state index in [1.165, 1.54) is 29.1 Å². The lowest BCUT2D eigenvalue weighted by Gasteiger charge is -2.25. The monoisotopic (exact) mass is 340 g/mol. The summed E-state index contributed by atoms with van der Waals surface area (Å²) < 4.78 is 0.865. The molecule has 5 heteroatoms. The van der Waals surface area contributed by atoms with Crippen LogP contribution in [0.4, 0.5) is 0 Å². The molecule has 0 amide bonds. The van der Waals surface area contributed by atoms with Crippen LogP contribution in [0.15, 0.2) is 29.6 Å². The fraction of sp³-hybridized carbons (Fsp3) is 0.500. The third kappa shape index (κ3) is 3.69. The summed E-state index contributed by atoms with van der Waals surface area (Å²) >= 11 is 9.62. The number of likely N-dealkylation sites (tertiary alicyclic amines) is 1. The van der Waals surface area contributed by atoms with Crippen molar-refractivity contribution in [3.05, 3.63) is 43.7 Å². The minimum absolute atomic E-state index is 0.279. The van der Waals surface area contributed by atoms with E-state index >= 15 is 0 Å². The third-order valence-electron chi connectivity index (χ3n) is 4.17. The molecular formula is C16H21ClN2S2. The first kappa shape index (κ1) is 15.5. The Morgan fingerprint density at radius 1 is 1.38 bits per heavy atom. The van der Waals surface area contributed by atoms with Gasteiger partial charge in [-0.25, -0.2) is 0 Å². The van der Waals surface area contributed by atoms with E-state index in [2.05, 4.69) is 40.7 Å². The van der Waals surface area contributed by atoms with Gasteiger partial charge in [0, 0.05) is 22.3 Å². The summed E-state index contributed by atoms with van der Waals surface area (Å²) in [5, 5.41) is 5.92. The molecule has 2 unspecified atom stereocenters. The van der Waals surface area contributed by atoms with Crippen molar-refractivity contribution in [1.29, 1.82) is 0 Å². The molecule has 0 aliphatic carbocycles. The molecule has 0 radical (unpaired) electrons. The Kier molecular flexibility index (Phi) is 5.35. The standard InChI is InChI=1S/C16H21ClN2S2/c1-2-19-9-3-5-12(19)11-18-16(13-6-4-10-20-13)14-7-8-15(17)21-14/h4,6-8,10,12,16,18H,2-3,5,9,11H2,1H3. The fourth-order valence-electron chi connectivity index (χ4n) is 3.08. The molecular weight excluding hydrogens is 320 g/mol. The highest BCUT2D eigenvalue weighted by Crippen LogP contribution is 2.33. The SMILES string of the molecule is CCN1CCCC1CNC(c1cccs1)c1ccc(Cl)s1. The van der Waals surface area contributed by atoms with Crippen molar-refractivity contribution in [3.63, 3.8) is 0 Å². The lowest BCUT2D eigenvalue weighted by molar-refractivity contribution is 0.257. The van der Waals surface area contributed by atoms with Crippen molar-refractivity contribution in [2.45, 2.75) is 31.8 Å². The Balaban J connectivity index is 1.71. The molecule has 1 aliphatic rings. The predicted octanol–water partition coefficient (Wildman–Crippen LogP) is 4.63. The minimum Gasteiger partial charge on any atom is -0.303 e. The van der Waals surface area contributed by atoms with Gasteiger partial charge in [-0.15, -0.1) is 22.7 Å². The lowest BCUT2D eigenvalue weighted by Crippen LogP contribution is -2.39. The second kappa shape index (κ2) is 7.25. The summed E-state index contributed by atoms with van der Waals surface area (Å²) in [6.45, 7) is 5.71. The number of thiophene rings is 2. The molecule has 114 valence electrons. The van der Waals surface area contributed by atoms with Crippen molar-refractivity contribution >= 4 is 34.3 Å². The van der Waals surface area contributed by atoms with Crippen molar-refractivity contribution in [2.75, 3.05) is 19.6 Å². The maximum atomic E-state index is 6.12. The van der Waals surface area contributed by atoms with Gasteiger partial charge in [0.05, 0.1) is 10.4 Å². The van der Waals surface area contributed by atoms with Gasteiger partial charge in [-0.05, 0) is 49.5 Å². The highest BCUT2D eigenvalue weighted by atomic mass is 35.5. The zero-order valence-electron chi connectivity index (χ0n) is 12.2. The zero-order chi connectivity index (χ0) is 14.7. The Morgan fingerprint density at radius 2 is 2.29 bits per heavy atom. The van der Waals surface area contributed by atoms with Crippen LogP contribution >= 0.6 is 34.3 Å². The molecule has 0 aromatic carbocycles. The third-order valence-corrected chi connectivity index (χ3v) is 6.40. The number of likely N-dealkylation sites (N-methyl/N-ethyl adjacent to an activating group) is 1. The van der Waals surface area contributed by atoms with Crippen LogP contribution in [0.3, 0.4) is 0 Å². The molecule has 3 heterocycles. The summed E-state index contributed by atoms with van der Waals surface area (Å²) in [4.78, 5) is 5.26. The average Bonchev–Trinajstić information content (AvgIpc) is 3.21. The number of halogens is 1. The normalized spacial score (nSPS) is 21.0. The van der Waals surface area contributed by atoms with Crippen LogP contribution in [0.5, 0.6) is 0 Å². The van der Waals surface area contributed by atoms with E-state index in [1.54, 1.807) is 11.3 Å². The molecule has 21 heavy (non-hydrogen) atoms. The molecule has 3 rings (SSSR count).